The number of rotatable bonds is 2. The van der Waals surface area contributed by atoms with Crippen LogP contribution in [-0.2, 0) is 0 Å². The molecule has 1 rings (SSSR count). The second kappa shape index (κ2) is 3.30. The van der Waals surface area contributed by atoms with E-state index in [2.05, 4.69) is 23.3 Å². The van der Waals surface area contributed by atoms with Gasteiger partial charge in [0.05, 0.1) is 5.69 Å². The maximum absolute atomic E-state index is 5.62. The van der Waals surface area contributed by atoms with Crippen molar-refractivity contribution in [1.29, 1.82) is 0 Å². The van der Waals surface area contributed by atoms with Crippen molar-refractivity contribution in [3.8, 4) is 0 Å². The Balaban J connectivity index is 3.26. The van der Waals surface area contributed by atoms with E-state index in [0.29, 0.717) is 10.8 Å². The minimum absolute atomic E-state index is 0.415. The molecule has 0 aliphatic rings. The van der Waals surface area contributed by atoms with Gasteiger partial charge in [-0.25, -0.2) is 4.98 Å². The Hall–Kier alpha value is -1.15. The summed E-state index contributed by atoms with van der Waals surface area (Å²) in [5, 5.41) is 0.415. The minimum Gasteiger partial charge on any atom is -0.264 e. The smallest absolute Gasteiger partial charge is 0.131 e. The molecule has 0 aliphatic carbocycles. The first-order valence-corrected chi connectivity index (χ1v) is 3.40. The number of aromatic nitrogens is 1. The van der Waals surface area contributed by atoms with Gasteiger partial charge >= 0.3 is 0 Å². The molecule has 0 bridgehead atoms. The van der Waals surface area contributed by atoms with Gasteiger partial charge in [-0.2, -0.15) is 0 Å². The fraction of sp³-hybridized carbons (Fsp3) is 0. The molecule has 0 atom stereocenters. The van der Waals surface area contributed by atoms with Crippen molar-refractivity contribution in [3.05, 3.63) is 29.6 Å². The summed E-state index contributed by atoms with van der Waals surface area (Å²) in [4.78, 5) is 7.62. The highest BCUT2D eigenvalue weighted by atomic mass is 35.5. The van der Waals surface area contributed by atoms with Crippen LogP contribution in [0.3, 0.4) is 0 Å². The van der Waals surface area contributed by atoms with Crippen LogP contribution in [0.4, 0.5) is 5.69 Å². The van der Waals surface area contributed by atoms with Crippen molar-refractivity contribution in [2.75, 3.05) is 0 Å². The van der Waals surface area contributed by atoms with Gasteiger partial charge in [0.25, 0.3) is 0 Å². The van der Waals surface area contributed by atoms with Gasteiger partial charge in [-0.05, 0) is 6.72 Å². The standard InChI is InChI=1S/C8H7ClN2/c1-3-6-5-11-8(9)4-7(6)10-2/h3-5H,1-2H2. The molecule has 0 amide bonds. The highest BCUT2D eigenvalue weighted by Crippen LogP contribution is 2.21. The predicted octanol–water partition coefficient (Wildman–Crippen LogP) is 2.71. The molecule has 0 radical (unpaired) electrons. The molecule has 0 saturated heterocycles. The molecule has 1 aromatic rings. The van der Waals surface area contributed by atoms with E-state index in [4.69, 9.17) is 11.6 Å². The zero-order valence-corrected chi connectivity index (χ0v) is 6.67. The van der Waals surface area contributed by atoms with E-state index >= 15 is 0 Å². The molecule has 56 valence electrons. The van der Waals surface area contributed by atoms with E-state index < -0.39 is 0 Å². The maximum Gasteiger partial charge on any atom is 0.131 e. The Morgan fingerprint density at radius 3 is 2.91 bits per heavy atom. The van der Waals surface area contributed by atoms with Crippen LogP contribution in [0.15, 0.2) is 23.8 Å². The summed E-state index contributed by atoms with van der Waals surface area (Å²) >= 11 is 5.62. The molecule has 0 aliphatic heterocycles. The third-order valence-electron chi connectivity index (χ3n) is 1.27. The minimum atomic E-state index is 0.415. The van der Waals surface area contributed by atoms with Crippen LogP contribution in [0.2, 0.25) is 5.15 Å². The summed E-state index contributed by atoms with van der Waals surface area (Å²) in [6, 6.07) is 1.64. The molecule has 3 heteroatoms. The van der Waals surface area contributed by atoms with Crippen molar-refractivity contribution in [2.45, 2.75) is 0 Å². The molecular formula is C8H7ClN2. The zero-order valence-electron chi connectivity index (χ0n) is 5.92. The number of hydrogen-bond donors (Lipinski definition) is 0. The van der Waals surface area contributed by atoms with Gasteiger partial charge in [-0.15, -0.1) is 0 Å². The number of hydrogen-bond acceptors (Lipinski definition) is 2. The second-order valence-electron chi connectivity index (χ2n) is 1.93. The fourth-order valence-electron chi connectivity index (χ4n) is 0.725. The molecule has 0 spiro atoms. The summed E-state index contributed by atoms with van der Waals surface area (Å²) in [5.41, 5.74) is 1.55. The number of aliphatic imine (C=N–C) groups is 1. The molecule has 11 heavy (non-hydrogen) atoms. The molecule has 2 nitrogen and oxygen atoms in total. The van der Waals surface area contributed by atoms with Crippen LogP contribution in [-0.4, -0.2) is 11.7 Å². The van der Waals surface area contributed by atoms with Crippen molar-refractivity contribution in [1.82, 2.24) is 4.98 Å². The summed E-state index contributed by atoms with van der Waals surface area (Å²) in [6.07, 6.45) is 3.27. The van der Waals surface area contributed by atoms with Crippen LogP contribution >= 0.6 is 11.6 Å². The molecule has 0 unspecified atom stereocenters. The average molecular weight is 167 g/mol. The van der Waals surface area contributed by atoms with E-state index in [1.807, 2.05) is 0 Å². The third kappa shape index (κ3) is 1.65. The van der Waals surface area contributed by atoms with Crippen molar-refractivity contribution in [3.63, 3.8) is 0 Å². The van der Waals surface area contributed by atoms with Gasteiger partial charge in [0.1, 0.15) is 5.15 Å². The largest absolute Gasteiger partial charge is 0.264 e. The van der Waals surface area contributed by atoms with Crippen molar-refractivity contribution < 1.29 is 0 Å². The summed E-state index contributed by atoms with van der Waals surface area (Å²) in [5.74, 6) is 0. The van der Waals surface area contributed by atoms with E-state index in [1.54, 1.807) is 18.3 Å². The first-order valence-electron chi connectivity index (χ1n) is 3.02. The van der Waals surface area contributed by atoms with Gasteiger partial charge < -0.3 is 0 Å². The number of pyridine rings is 1. The molecule has 0 saturated carbocycles. The lowest BCUT2D eigenvalue weighted by Gasteiger charge is -1.97. The van der Waals surface area contributed by atoms with E-state index in [9.17, 15) is 0 Å². The topological polar surface area (TPSA) is 25.2 Å². The van der Waals surface area contributed by atoms with Gasteiger partial charge in [0.15, 0.2) is 0 Å². The molecular weight excluding hydrogens is 160 g/mol. The lowest BCUT2D eigenvalue weighted by Crippen LogP contribution is -1.78. The van der Waals surface area contributed by atoms with E-state index in [-0.39, 0.29) is 0 Å². The summed E-state index contributed by atoms with van der Waals surface area (Å²) in [6.45, 7) is 6.99. The SMILES string of the molecule is C=Cc1cnc(Cl)cc1N=C. The average Bonchev–Trinajstić information content (AvgIpc) is 2.04. The summed E-state index contributed by atoms with van der Waals surface area (Å²) in [7, 11) is 0. The Bertz CT molecular complexity index is 294. The highest BCUT2D eigenvalue weighted by molar-refractivity contribution is 6.29. The molecule has 1 heterocycles. The van der Waals surface area contributed by atoms with Crippen molar-refractivity contribution in [2.24, 2.45) is 4.99 Å². The Morgan fingerprint density at radius 1 is 1.64 bits per heavy atom. The molecule has 0 N–H and O–H groups in total. The first kappa shape index (κ1) is 7.95. The second-order valence-corrected chi connectivity index (χ2v) is 2.32. The monoisotopic (exact) mass is 166 g/mol. The van der Waals surface area contributed by atoms with Crippen LogP contribution in [0.25, 0.3) is 6.08 Å². The van der Waals surface area contributed by atoms with Crippen LogP contribution in [0.5, 0.6) is 0 Å². The molecule has 0 fully saturated rings. The van der Waals surface area contributed by atoms with Gasteiger partial charge in [-0.1, -0.05) is 24.3 Å². The Labute approximate surface area is 70.3 Å². The van der Waals surface area contributed by atoms with Gasteiger partial charge in [0, 0.05) is 17.8 Å². The lowest BCUT2D eigenvalue weighted by molar-refractivity contribution is 1.30. The Kier molecular flexibility index (Phi) is 2.39. The first-order chi connectivity index (χ1) is 5.27. The van der Waals surface area contributed by atoms with E-state index in [0.717, 1.165) is 5.56 Å². The van der Waals surface area contributed by atoms with Crippen molar-refractivity contribution >= 4 is 30.1 Å². The van der Waals surface area contributed by atoms with Crippen LogP contribution < -0.4 is 0 Å². The maximum atomic E-state index is 5.62. The number of halogens is 1. The molecule has 1 aromatic heterocycles. The van der Waals surface area contributed by atoms with Gasteiger partial charge in [-0.3, -0.25) is 4.99 Å². The highest BCUT2D eigenvalue weighted by Gasteiger charge is 1.97. The Morgan fingerprint density at radius 2 is 2.36 bits per heavy atom. The zero-order chi connectivity index (χ0) is 8.27. The van der Waals surface area contributed by atoms with Crippen LogP contribution in [0.1, 0.15) is 5.56 Å². The molecule has 0 aromatic carbocycles. The number of nitrogens with zero attached hydrogens (tertiary/aromatic N) is 2. The third-order valence-corrected chi connectivity index (χ3v) is 1.48. The van der Waals surface area contributed by atoms with Crippen LogP contribution in [0, 0.1) is 0 Å². The lowest BCUT2D eigenvalue weighted by atomic mass is 10.2. The summed E-state index contributed by atoms with van der Waals surface area (Å²) < 4.78 is 0. The quantitative estimate of drug-likeness (QED) is 0.490. The normalized spacial score (nSPS) is 9.18. The fourth-order valence-corrected chi connectivity index (χ4v) is 0.877. The van der Waals surface area contributed by atoms with E-state index in [1.165, 1.54) is 0 Å². The predicted molar refractivity (Wildman–Crippen MR) is 48.5 cm³/mol. The van der Waals surface area contributed by atoms with Gasteiger partial charge in [0.2, 0.25) is 0 Å².